The second kappa shape index (κ2) is 8.19. The van der Waals surface area contributed by atoms with Crippen molar-refractivity contribution in [3.63, 3.8) is 0 Å². The third-order valence-electron chi connectivity index (χ3n) is 5.77. The van der Waals surface area contributed by atoms with E-state index in [0.29, 0.717) is 12.5 Å². The molecule has 4 aromatic rings. The lowest BCUT2D eigenvalue weighted by Gasteiger charge is -2.14. The number of thioether (sulfide) groups is 1. The van der Waals surface area contributed by atoms with E-state index in [2.05, 4.69) is 45.1 Å². The van der Waals surface area contributed by atoms with Gasteiger partial charge >= 0.3 is 0 Å². The minimum absolute atomic E-state index is 0.193. The van der Waals surface area contributed by atoms with Crippen molar-refractivity contribution >= 4 is 39.2 Å². The Labute approximate surface area is 184 Å². The van der Waals surface area contributed by atoms with E-state index in [1.807, 2.05) is 18.2 Å². The number of rotatable bonds is 6. The summed E-state index contributed by atoms with van der Waals surface area (Å²) in [5, 5.41) is 9.94. The maximum atomic E-state index is 13.6. The maximum Gasteiger partial charge on any atom is 0.238 e. The van der Waals surface area contributed by atoms with Crippen molar-refractivity contribution in [2.75, 3.05) is 5.75 Å². The van der Waals surface area contributed by atoms with E-state index in [-0.39, 0.29) is 5.43 Å². The lowest BCUT2D eigenvalue weighted by atomic mass is 9.98. The summed E-state index contributed by atoms with van der Waals surface area (Å²) in [4.78, 5) is 15.8. The Hall–Kier alpha value is -2.12. The zero-order valence-electron chi connectivity index (χ0n) is 17.4. The first-order valence-corrected chi connectivity index (χ1v) is 12.5. The van der Waals surface area contributed by atoms with Gasteiger partial charge in [-0.05, 0) is 43.6 Å². The molecule has 30 heavy (non-hydrogen) atoms. The molecule has 3 aromatic heterocycles. The minimum Gasteiger partial charge on any atom is -0.300 e. The Balaban J connectivity index is 1.71. The summed E-state index contributed by atoms with van der Waals surface area (Å²) in [5.41, 5.74) is 3.17. The van der Waals surface area contributed by atoms with Crippen LogP contribution in [-0.4, -0.2) is 24.9 Å². The summed E-state index contributed by atoms with van der Waals surface area (Å²) in [6.07, 6.45) is 5.31. The van der Waals surface area contributed by atoms with Crippen molar-refractivity contribution in [1.82, 2.24) is 19.2 Å². The first-order valence-electron chi connectivity index (χ1n) is 10.7. The molecule has 7 heteroatoms. The smallest absolute Gasteiger partial charge is 0.238 e. The van der Waals surface area contributed by atoms with Crippen LogP contribution < -0.4 is 5.43 Å². The molecular formula is C23H26N4OS2. The molecule has 0 N–H and O–H groups in total. The zero-order valence-corrected chi connectivity index (χ0v) is 19.1. The Morgan fingerprint density at radius 3 is 2.73 bits per heavy atom. The van der Waals surface area contributed by atoms with Crippen LogP contribution in [0, 0.1) is 5.92 Å². The summed E-state index contributed by atoms with van der Waals surface area (Å²) < 4.78 is 4.21. The predicted octanol–water partition coefficient (Wildman–Crippen LogP) is 5.17. The van der Waals surface area contributed by atoms with Gasteiger partial charge in [0.2, 0.25) is 11.2 Å². The summed E-state index contributed by atoms with van der Waals surface area (Å²) in [6.45, 7) is 5.11. The van der Waals surface area contributed by atoms with Gasteiger partial charge in [0, 0.05) is 16.2 Å². The number of fused-ring (bicyclic) bond motifs is 4. The normalized spacial score (nSPS) is 14.1. The number of hydrogen-bond donors (Lipinski definition) is 0. The standard InChI is InChI=1S/C23H26N4OS2/c1-15(2)12-13-29-23-25-24-22-26(14-16-8-4-3-5-9-16)19-20(28)17-10-6-7-11-18(17)30-21(19)27(22)23/h3-5,8-9,15H,6-7,10-14H2,1-2H3. The number of aromatic nitrogens is 4. The topological polar surface area (TPSA) is 52.2 Å². The molecule has 1 aliphatic rings. The molecular weight excluding hydrogens is 412 g/mol. The van der Waals surface area contributed by atoms with Crippen LogP contribution in [0.1, 0.15) is 49.1 Å². The highest BCUT2D eigenvalue weighted by Gasteiger charge is 2.25. The van der Waals surface area contributed by atoms with E-state index in [4.69, 9.17) is 0 Å². The van der Waals surface area contributed by atoms with Gasteiger partial charge in [-0.25, -0.2) is 4.40 Å². The largest absolute Gasteiger partial charge is 0.300 e. The Morgan fingerprint density at radius 1 is 1.13 bits per heavy atom. The highest BCUT2D eigenvalue weighted by Crippen LogP contribution is 2.33. The second-order valence-electron chi connectivity index (χ2n) is 8.41. The Bertz CT molecular complexity index is 1250. The van der Waals surface area contributed by atoms with Gasteiger partial charge in [0.15, 0.2) is 5.16 Å². The van der Waals surface area contributed by atoms with Crippen LogP contribution >= 0.6 is 23.1 Å². The van der Waals surface area contributed by atoms with Crippen molar-refractivity contribution in [2.45, 2.75) is 57.7 Å². The van der Waals surface area contributed by atoms with Gasteiger partial charge in [-0.1, -0.05) is 55.9 Å². The fourth-order valence-electron chi connectivity index (χ4n) is 4.14. The summed E-state index contributed by atoms with van der Waals surface area (Å²) in [7, 11) is 0. The second-order valence-corrected chi connectivity index (χ2v) is 10.6. The molecule has 0 unspecified atom stereocenters. The van der Waals surface area contributed by atoms with Crippen LogP contribution in [0.4, 0.5) is 0 Å². The number of benzene rings is 1. The van der Waals surface area contributed by atoms with Crippen LogP contribution in [0.3, 0.4) is 0 Å². The van der Waals surface area contributed by atoms with E-state index in [0.717, 1.165) is 63.8 Å². The van der Waals surface area contributed by atoms with Crippen molar-refractivity contribution < 1.29 is 0 Å². The van der Waals surface area contributed by atoms with Crippen molar-refractivity contribution in [1.29, 1.82) is 0 Å². The van der Waals surface area contributed by atoms with Crippen molar-refractivity contribution in [3.05, 3.63) is 56.6 Å². The monoisotopic (exact) mass is 438 g/mol. The molecule has 0 radical (unpaired) electrons. The van der Waals surface area contributed by atoms with Gasteiger partial charge < -0.3 is 0 Å². The van der Waals surface area contributed by atoms with Gasteiger partial charge in [-0.3, -0.25) is 9.36 Å². The molecule has 156 valence electrons. The average molecular weight is 439 g/mol. The summed E-state index contributed by atoms with van der Waals surface area (Å²) in [5.74, 6) is 2.43. The molecule has 0 spiro atoms. The maximum absolute atomic E-state index is 13.6. The highest BCUT2D eigenvalue weighted by atomic mass is 32.2. The number of aryl methyl sites for hydroxylation is 1. The zero-order chi connectivity index (χ0) is 20.7. The fourth-order valence-corrected chi connectivity index (χ4v) is 6.72. The molecule has 0 saturated heterocycles. The molecule has 5 nitrogen and oxygen atoms in total. The van der Waals surface area contributed by atoms with Gasteiger partial charge in [0.25, 0.3) is 0 Å². The van der Waals surface area contributed by atoms with Gasteiger partial charge in [0.05, 0.1) is 6.54 Å². The SMILES string of the molecule is CC(C)CCSc1nnc2n(Cc3ccccc3)c3c(=O)c4c(sc3n12)CCCC4. The Morgan fingerprint density at radius 2 is 1.93 bits per heavy atom. The third kappa shape index (κ3) is 3.48. The molecule has 0 saturated carbocycles. The van der Waals surface area contributed by atoms with E-state index in [1.165, 1.54) is 11.3 Å². The van der Waals surface area contributed by atoms with Crippen LogP contribution in [0.5, 0.6) is 0 Å². The van der Waals surface area contributed by atoms with Crippen molar-refractivity contribution in [2.24, 2.45) is 5.92 Å². The molecule has 0 fully saturated rings. The van der Waals surface area contributed by atoms with Gasteiger partial charge in [0.1, 0.15) is 10.3 Å². The lowest BCUT2D eigenvalue weighted by molar-refractivity contribution is 0.631. The number of nitrogens with zero attached hydrogens (tertiary/aromatic N) is 4. The molecule has 0 amide bonds. The quantitative estimate of drug-likeness (QED) is 0.390. The molecule has 5 rings (SSSR count). The summed E-state index contributed by atoms with van der Waals surface area (Å²) in [6, 6.07) is 10.3. The molecule has 1 aliphatic carbocycles. The fraction of sp³-hybridized carbons (Fsp3) is 0.435. The minimum atomic E-state index is 0.193. The summed E-state index contributed by atoms with van der Waals surface area (Å²) >= 11 is 3.51. The first-order chi connectivity index (χ1) is 14.6. The lowest BCUT2D eigenvalue weighted by Crippen LogP contribution is -2.18. The van der Waals surface area contributed by atoms with Crippen molar-refractivity contribution in [3.8, 4) is 0 Å². The van der Waals surface area contributed by atoms with E-state index in [1.54, 1.807) is 23.1 Å². The molecule has 1 aromatic carbocycles. The number of hydrogen-bond acceptors (Lipinski definition) is 5. The van der Waals surface area contributed by atoms with E-state index < -0.39 is 0 Å². The highest BCUT2D eigenvalue weighted by molar-refractivity contribution is 7.99. The van der Waals surface area contributed by atoms with Crippen LogP contribution in [0.15, 0.2) is 40.3 Å². The number of imidazole rings is 1. The Kier molecular flexibility index (Phi) is 5.41. The van der Waals surface area contributed by atoms with Gasteiger partial charge in [-0.15, -0.1) is 21.5 Å². The van der Waals surface area contributed by atoms with E-state index >= 15 is 0 Å². The van der Waals surface area contributed by atoms with E-state index in [9.17, 15) is 4.79 Å². The average Bonchev–Trinajstić information content (AvgIpc) is 3.29. The van der Waals surface area contributed by atoms with Crippen LogP contribution in [-0.2, 0) is 19.4 Å². The predicted molar refractivity (Wildman–Crippen MR) is 125 cm³/mol. The molecule has 0 bridgehead atoms. The molecule has 3 heterocycles. The molecule has 0 atom stereocenters. The first kappa shape index (κ1) is 19.8. The third-order valence-corrected chi connectivity index (χ3v) is 8.00. The van der Waals surface area contributed by atoms with Crippen LogP contribution in [0.25, 0.3) is 16.1 Å². The van der Waals surface area contributed by atoms with Crippen LogP contribution in [0.2, 0.25) is 0 Å². The molecule has 0 aliphatic heterocycles. The van der Waals surface area contributed by atoms with Gasteiger partial charge in [-0.2, -0.15) is 0 Å².